The van der Waals surface area contributed by atoms with Crippen LogP contribution in [0.1, 0.15) is 11.1 Å². The summed E-state index contributed by atoms with van der Waals surface area (Å²) in [5.74, 6) is 0.592. The highest BCUT2D eigenvalue weighted by atomic mass is 16.5. The van der Waals surface area contributed by atoms with Crippen LogP contribution in [0.2, 0.25) is 0 Å². The van der Waals surface area contributed by atoms with Gasteiger partial charge >= 0.3 is 0 Å². The van der Waals surface area contributed by atoms with Gasteiger partial charge in [0.05, 0.1) is 12.5 Å². The van der Waals surface area contributed by atoms with Crippen LogP contribution >= 0.6 is 0 Å². The van der Waals surface area contributed by atoms with Crippen LogP contribution in [0, 0.1) is 6.92 Å². The Morgan fingerprint density at radius 2 is 2.08 bits per heavy atom. The number of ether oxygens (including phenoxy) is 1. The lowest BCUT2D eigenvalue weighted by molar-refractivity contribution is -0.114. The van der Waals surface area contributed by atoms with Gasteiger partial charge in [0.25, 0.3) is 5.91 Å². The number of aryl methyl sites for hydroxylation is 1. The number of benzene rings is 1. The van der Waals surface area contributed by atoms with Gasteiger partial charge < -0.3 is 9.15 Å². The van der Waals surface area contributed by atoms with E-state index in [1.54, 1.807) is 12.1 Å². The van der Waals surface area contributed by atoms with Crippen molar-refractivity contribution in [3.05, 3.63) is 66.3 Å². The van der Waals surface area contributed by atoms with Crippen molar-refractivity contribution in [3.8, 4) is 11.6 Å². The molecule has 2 aromatic heterocycles. The molecule has 0 spiro atoms. The predicted molar refractivity (Wildman–Crippen MR) is 90.0 cm³/mol. The lowest BCUT2D eigenvalue weighted by atomic mass is 9.95. The predicted octanol–water partition coefficient (Wildman–Crippen LogP) is 4.21. The Balaban J connectivity index is 1.68. The molecule has 0 N–H and O–H groups in total. The summed E-state index contributed by atoms with van der Waals surface area (Å²) < 4.78 is 11.1. The van der Waals surface area contributed by atoms with E-state index in [1.807, 2.05) is 19.1 Å². The molecule has 122 valence electrons. The largest absolute Gasteiger partial charge is 0.446 e. The minimum atomic E-state index is -0.430. The van der Waals surface area contributed by atoms with Gasteiger partial charge in [-0.1, -0.05) is 12.6 Å². The van der Waals surface area contributed by atoms with E-state index in [9.17, 15) is 4.79 Å². The molecule has 3 aromatic rings. The molecule has 3 heterocycles. The monoisotopic (exact) mass is 332 g/mol. The zero-order valence-corrected chi connectivity index (χ0v) is 13.3. The van der Waals surface area contributed by atoms with Gasteiger partial charge in [-0.2, -0.15) is 5.11 Å². The molecule has 7 nitrogen and oxygen atoms in total. The Kier molecular flexibility index (Phi) is 3.46. The van der Waals surface area contributed by atoms with Crippen molar-refractivity contribution >= 4 is 22.6 Å². The standard InChI is InChI=1S/C18H12N4O3/c1-10-7-12(25-18-14-5-6-24-17(14)19-9-20-18)3-4-13(10)15-8-21-22-16(23)11(15)2/h3-9H,2H2,1H3. The van der Waals surface area contributed by atoms with Crippen molar-refractivity contribution in [3.63, 3.8) is 0 Å². The zero-order chi connectivity index (χ0) is 17.4. The topological polar surface area (TPSA) is 89.9 Å². The van der Waals surface area contributed by atoms with Gasteiger partial charge in [-0.3, -0.25) is 4.79 Å². The molecule has 4 rings (SSSR count). The fraction of sp³-hybridized carbons (Fsp3) is 0.0556. The molecule has 1 aliphatic heterocycles. The van der Waals surface area contributed by atoms with Crippen LogP contribution in [0.4, 0.5) is 0 Å². The molecule has 25 heavy (non-hydrogen) atoms. The molecule has 1 aromatic carbocycles. The van der Waals surface area contributed by atoms with Gasteiger partial charge in [0.2, 0.25) is 11.6 Å². The lowest BCUT2D eigenvalue weighted by Crippen LogP contribution is -2.04. The Morgan fingerprint density at radius 3 is 2.92 bits per heavy atom. The molecule has 1 amide bonds. The van der Waals surface area contributed by atoms with Crippen molar-refractivity contribution in [2.45, 2.75) is 6.92 Å². The van der Waals surface area contributed by atoms with E-state index >= 15 is 0 Å². The second kappa shape index (κ2) is 5.79. The number of hydrogen-bond donors (Lipinski definition) is 0. The van der Waals surface area contributed by atoms with Crippen LogP contribution in [0.25, 0.3) is 16.7 Å². The van der Waals surface area contributed by atoms with Crippen molar-refractivity contribution in [1.82, 2.24) is 9.97 Å². The average molecular weight is 332 g/mol. The number of carbonyl (C=O) groups is 1. The van der Waals surface area contributed by atoms with Crippen LogP contribution in [-0.4, -0.2) is 15.9 Å². The summed E-state index contributed by atoms with van der Waals surface area (Å²) >= 11 is 0. The fourth-order valence-electron chi connectivity index (χ4n) is 2.59. The molecule has 0 saturated heterocycles. The van der Waals surface area contributed by atoms with Crippen molar-refractivity contribution in [2.75, 3.05) is 0 Å². The molecule has 0 unspecified atom stereocenters. The minimum Gasteiger partial charge on any atom is -0.446 e. The quantitative estimate of drug-likeness (QED) is 0.670. The van der Waals surface area contributed by atoms with E-state index < -0.39 is 5.91 Å². The highest BCUT2D eigenvalue weighted by molar-refractivity contribution is 6.10. The third kappa shape index (κ3) is 2.61. The van der Waals surface area contributed by atoms with Crippen molar-refractivity contribution in [1.29, 1.82) is 0 Å². The molecule has 0 bridgehead atoms. The molecular weight excluding hydrogens is 320 g/mol. The first-order valence-electron chi connectivity index (χ1n) is 7.45. The Morgan fingerprint density at radius 1 is 1.20 bits per heavy atom. The molecular formula is C18H12N4O3. The smallest absolute Gasteiger partial charge is 0.295 e. The molecule has 0 fully saturated rings. The van der Waals surface area contributed by atoms with Gasteiger partial charge in [-0.25, -0.2) is 9.97 Å². The van der Waals surface area contributed by atoms with Gasteiger partial charge in [-0.05, 0) is 36.2 Å². The Hall–Kier alpha value is -3.61. The normalized spacial score (nSPS) is 14.0. The maximum Gasteiger partial charge on any atom is 0.295 e. The van der Waals surface area contributed by atoms with Crippen LogP contribution in [0.15, 0.2) is 69.9 Å². The molecule has 1 aliphatic rings. The first kappa shape index (κ1) is 14.9. The number of aromatic nitrogens is 2. The van der Waals surface area contributed by atoms with Gasteiger partial charge in [0.1, 0.15) is 17.5 Å². The van der Waals surface area contributed by atoms with Crippen LogP contribution in [-0.2, 0) is 4.79 Å². The Labute approximate surface area is 142 Å². The maximum atomic E-state index is 11.6. The van der Waals surface area contributed by atoms with E-state index in [4.69, 9.17) is 9.15 Å². The molecule has 0 radical (unpaired) electrons. The van der Waals surface area contributed by atoms with Gasteiger partial charge in [0.15, 0.2) is 0 Å². The second-order valence-electron chi connectivity index (χ2n) is 5.44. The minimum absolute atomic E-state index is 0.322. The van der Waals surface area contributed by atoms with Crippen LogP contribution in [0.3, 0.4) is 0 Å². The number of hydrogen-bond acceptors (Lipinski definition) is 6. The summed E-state index contributed by atoms with van der Waals surface area (Å²) in [6.07, 6.45) is 4.45. The second-order valence-corrected chi connectivity index (χ2v) is 5.44. The number of rotatable bonds is 3. The Bertz CT molecular complexity index is 1080. The summed E-state index contributed by atoms with van der Waals surface area (Å²) in [5, 5.41) is 7.89. The first-order valence-corrected chi connectivity index (χ1v) is 7.45. The summed E-state index contributed by atoms with van der Waals surface area (Å²) in [4.78, 5) is 19.8. The molecule has 7 heteroatoms. The summed E-state index contributed by atoms with van der Waals surface area (Å²) in [7, 11) is 0. The summed E-state index contributed by atoms with van der Waals surface area (Å²) in [5.41, 5.74) is 3.20. The number of nitrogens with zero attached hydrogens (tertiary/aromatic N) is 4. The number of amides is 1. The summed E-state index contributed by atoms with van der Waals surface area (Å²) in [6, 6.07) is 7.25. The van der Waals surface area contributed by atoms with Gasteiger partial charge in [0, 0.05) is 11.1 Å². The number of fused-ring (bicyclic) bond motifs is 1. The van der Waals surface area contributed by atoms with E-state index in [0.29, 0.717) is 33.9 Å². The van der Waals surface area contributed by atoms with E-state index in [2.05, 4.69) is 26.8 Å². The molecule has 0 saturated carbocycles. The highest BCUT2D eigenvalue weighted by Gasteiger charge is 2.19. The third-order valence-corrected chi connectivity index (χ3v) is 3.85. The number of carbonyl (C=O) groups excluding carboxylic acids is 1. The van der Waals surface area contributed by atoms with Crippen LogP contribution in [0.5, 0.6) is 11.6 Å². The number of furan rings is 1. The molecule has 0 atom stereocenters. The van der Waals surface area contributed by atoms with Crippen molar-refractivity contribution < 1.29 is 13.9 Å². The van der Waals surface area contributed by atoms with Crippen LogP contribution < -0.4 is 4.74 Å². The maximum absolute atomic E-state index is 11.6. The average Bonchev–Trinajstić information content (AvgIpc) is 3.08. The highest BCUT2D eigenvalue weighted by Crippen LogP contribution is 2.33. The van der Waals surface area contributed by atoms with E-state index in [0.717, 1.165) is 11.1 Å². The zero-order valence-electron chi connectivity index (χ0n) is 13.3. The summed E-state index contributed by atoms with van der Waals surface area (Å²) in [6.45, 7) is 5.70. The lowest BCUT2D eigenvalue weighted by Gasteiger charge is -2.14. The SMILES string of the molecule is C=C1C(=O)N=NC=C1c1ccc(Oc2ncnc3occc23)cc1C. The molecule has 0 aliphatic carbocycles. The van der Waals surface area contributed by atoms with Gasteiger partial charge in [-0.15, -0.1) is 5.11 Å². The fourth-order valence-corrected chi connectivity index (χ4v) is 2.59. The first-order chi connectivity index (χ1) is 12.1. The van der Waals surface area contributed by atoms with Crippen molar-refractivity contribution in [2.24, 2.45) is 10.2 Å². The third-order valence-electron chi connectivity index (χ3n) is 3.85. The number of azo groups is 1. The van der Waals surface area contributed by atoms with E-state index in [-0.39, 0.29) is 0 Å². The van der Waals surface area contributed by atoms with E-state index in [1.165, 1.54) is 18.8 Å².